The fourth-order valence-electron chi connectivity index (χ4n) is 4.98. The van der Waals surface area contributed by atoms with Gasteiger partial charge in [0.1, 0.15) is 5.82 Å². The number of nitrogens with one attached hydrogen (secondary N) is 1. The van der Waals surface area contributed by atoms with E-state index < -0.39 is 43.7 Å². The smallest absolute Gasteiger partial charge is 0.335 e. The van der Waals surface area contributed by atoms with Crippen molar-refractivity contribution in [1.29, 1.82) is 0 Å². The van der Waals surface area contributed by atoms with Crippen molar-refractivity contribution in [3.8, 4) is 5.69 Å². The normalized spacial score (nSPS) is 12.2. The lowest BCUT2D eigenvalue weighted by Gasteiger charge is -2.21. The van der Waals surface area contributed by atoms with Gasteiger partial charge < -0.3 is 5.32 Å². The van der Waals surface area contributed by atoms with E-state index in [1.807, 2.05) is 6.92 Å². The maximum absolute atomic E-state index is 13.5. The summed E-state index contributed by atoms with van der Waals surface area (Å²) in [5, 5.41) is 2.41. The monoisotopic (exact) mass is 728 g/mol. The first-order valence-electron chi connectivity index (χ1n) is 15.1. The molecule has 262 valence electrons. The van der Waals surface area contributed by atoms with Gasteiger partial charge in [-0.15, -0.1) is 4.28 Å². The van der Waals surface area contributed by atoms with Crippen molar-refractivity contribution < 1.29 is 43.9 Å². The zero-order chi connectivity index (χ0) is 36.4. The summed E-state index contributed by atoms with van der Waals surface area (Å²) in [7, 11) is -9.54. The molecule has 0 radical (unpaired) electrons. The molecule has 0 aliphatic heterocycles. The zero-order valence-electron chi connectivity index (χ0n) is 26.9. The molecule has 4 aromatic carbocycles. The molecule has 2 amide bonds. The topological polar surface area (TPSA) is 145 Å². The minimum Gasteiger partial charge on any atom is -0.335 e. The van der Waals surface area contributed by atoms with E-state index in [9.17, 15) is 39.6 Å². The van der Waals surface area contributed by atoms with Gasteiger partial charge in [0.2, 0.25) is 0 Å². The number of nitrogens with zero attached hydrogens (tertiary/aromatic N) is 3. The molecular formula is C34H31F3N4O7S2. The zero-order valence-corrected chi connectivity index (χ0v) is 28.6. The summed E-state index contributed by atoms with van der Waals surface area (Å²) >= 11 is 0. The van der Waals surface area contributed by atoms with Crippen LogP contribution in [-0.2, 0) is 37.3 Å². The molecule has 0 saturated heterocycles. The van der Waals surface area contributed by atoms with Crippen molar-refractivity contribution in [2.24, 2.45) is 0 Å². The quantitative estimate of drug-likeness (QED) is 0.125. The number of Topliss-reactive ketones (excluding diaryl/α,β-unsaturated/α-hetero) is 1. The third kappa shape index (κ3) is 7.72. The number of carbonyl (C=O) groups excluding carboxylic acids is 2. The second kappa shape index (κ2) is 14.0. The van der Waals surface area contributed by atoms with Crippen molar-refractivity contribution in [2.75, 3.05) is 6.54 Å². The Morgan fingerprint density at radius 3 is 1.98 bits per heavy atom. The molecule has 0 bridgehead atoms. The first-order valence-corrected chi connectivity index (χ1v) is 18.0. The van der Waals surface area contributed by atoms with Crippen LogP contribution in [0.15, 0.2) is 101 Å². The van der Waals surface area contributed by atoms with Gasteiger partial charge in [-0.1, -0.05) is 58.9 Å². The predicted octanol–water partition coefficient (Wildman–Crippen LogP) is 6.21. The Kier molecular flexibility index (Phi) is 10.2. The molecule has 0 fully saturated rings. The van der Waals surface area contributed by atoms with Gasteiger partial charge in [-0.2, -0.15) is 30.0 Å². The highest BCUT2D eigenvalue weighted by Crippen LogP contribution is 2.27. The molecule has 0 unspecified atom stereocenters. The Bertz CT molecular complexity index is 2270. The molecule has 0 atom stereocenters. The van der Waals surface area contributed by atoms with Crippen molar-refractivity contribution in [2.45, 2.75) is 49.6 Å². The number of amides is 2. The molecule has 5 rings (SSSR count). The van der Waals surface area contributed by atoms with E-state index in [1.54, 1.807) is 42.7 Å². The van der Waals surface area contributed by atoms with E-state index in [-0.39, 0.29) is 32.7 Å². The van der Waals surface area contributed by atoms with E-state index in [1.165, 1.54) is 54.6 Å². The second-order valence-corrected chi connectivity index (χ2v) is 14.6. The molecule has 1 aromatic heterocycles. The average Bonchev–Trinajstić information content (AvgIpc) is 3.45. The van der Waals surface area contributed by atoms with Crippen molar-refractivity contribution in [3.05, 3.63) is 119 Å². The standard InChI is InChI=1S/C34H31F3N4O7S2/c1-4-31-39-29-21-25(32(42)34(35,36)37)11-18-30(29)40(31)26-12-9-24(10-13-26)19-20-38-33(43)41(49(44,45)27-14-5-22(2)6-15-27)48-50(46,47)28-16-7-23(3)8-17-28/h5-18,21H,4,19-20H2,1-3H3,(H,38,43). The number of benzene rings is 4. The molecule has 1 N–H and O–H groups in total. The Hall–Kier alpha value is -5.06. The number of imidazole rings is 1. The number of hydrogen-bond acceptors (Lipinski definition) is 8. The van der Waals surface area contributed by atoms with E-state index >= 15 is 0 Å². The minimum atomic E-state index is -5.01. The Labute approximate surface area is 286 Å². The number of ketones is 1. The molecule has 16 heteroatoms. The number of hydrogen-bond donors (Lipinski definition) is 1. The van der Waals surface area contributed by atoms with Gasteiger partial charge in [0.25, 0.3) is 15.8 Å². The maximum Gasteiger partial charge on any atom is 0.454 e. The maximum atomic E-state index is 13.5. The van der Waals surface area contributed by atoms with Crippen LogP contribution in [-0.4, -0.2) is 55.4 Å². The van der Waals surface area contributed by atoms with Crippen molar-refractivity contribution in [1.82, 2.24) is 19.3 Å². The Balaban J connectivity index is 1.34. The number of rotatable bonds is 11. The summed E-state index contributed by atoms with van der Waals surface area (Å²) in [6, 6.07) is 20.1. The number of urea groups is 1. The summed E-state index contributed by atoms with van der Waals surface area (Å²) in [6.45, 7) is 5.18. The number of alkyl halides is 3. The number of aryl methyl sites for hydroxylation is 3. The van der Waals surface area contributed by atoms with E-state index in [0.717, 1.165) is 23.3 Å². The molecule has 11 nitrogen and oxygen atoms in total. The lowest BCUT2D eigenvalue weighted by Crippen LogP contribution is -2.45. The predicted molar refractivity (Wildman–Crippen MR) is 178 cm³/mol. The largest absolute Gasteiger partial charge is 0.454 e. The van der Waals surface area contributed by atoms with Crippen LogP contribution in [0.1, 0.15) is 39.8 Å². The third-order valence-electron chi connectivity index (χ3n) is 7.62. The Morgan fingerprint density at radius 2 is 1.42 bits per heavy atom. The first-order chi connectivity index (χ1) is 23.5. The fourth-order valence-corrected chi connectivity index (χ4v) is 7.29. The molecule has 0 spiro atoms. The fraction of sp³-hybridized carbons (Fsp3) is 0.206. The van der Waals surface area contributed by atoms with Gasteiger partial charge in [-0.25, -0.2) is 9.78 Å². The van der Waals surface area contributed by atoms with Gasteiger partial charge in [0.05, 0.1) is 20.8 Å². The summed E-state index contributed by atoms with van der Waals surface area (Å²) in [5.74, 6) is -1.41. The van der Waals surface area contributed by atoms with Crippen LogP contribution in [0.2, 0.25) is 0 Å². The highest BCUT2D eigenvalue weighted by Gasteiger charge is 2.39. The van der Waals surface area contributed by atoms with Crippen LogP contribution < -0.4 is 5.32 Å². The SMILES string of the molecule is CCc1nc2cc(C(=O)C(F)(F)F)ccc2n1-c1ccc(CCNC(=O)N(OS(=O)(=O)c2ccc(C)cc2)S(=O)(=O)c2ccc(C)cc2)cc1. The van der Waals surface area contributed by atoms with E-state index in [0.29, 0.717) is 29.0 Å². The van der Waals surface area contributed by atoms with Gasteiger partial charge in [-0.3, -0.25) is 9.36 Å². The van der Waals surface area contributed by atoms with Crippen LogP contribution in [0.5, 0.6) is 0 Å². The van der Waals surface area contributed by atoms with Crippen LogP contribution in [0, 0.1) is 13.8 Å². The van der Waals surface area contributed by atoms with Crippen LogP contribution in [0.25, 0.3) is 16.7 Å². The summed E-state index contributed by atoms with van der Waals surface area (Å²) in [6.07, 6.45) is -4.38. The molecule has 1 heterocycles. The highest BCUT2D eigenvalue weighted by molar-refractivity contribution is 7.91. The van der Waals surface area contributed by atoms with Gasteiger partial charge >= 0.3 is 22.3 Å². The highest BCUT2D eigenvalue weighted by atomic mass is 32.2. The summed E-state index contributed by atoms with van der Waals surface area (Å²) in [5.41, 5.74) is 3.03. The molecule has 0 saturated carbocycles. The molecular weight excluding hydrogens is 698 g/mol. The number of halogens is 3. The van der Waals surface area contributed by atoms with Gasteiger partial charge in [0, 0.05) is 24.2 Å². The number of hydroxylamine groups is 1. The number of sulfonamides is 1. The summed E-state index contributed by atoms with van der Waals surface area (Å²) < 4.78 is 98.5. The van der Waals surface area contributed by atoms with Crippen LogP contribution in [0.4, 0.5) is 18.0 Å². The number of carbonyl (C=O) groups is 2. The van der Waals surface area contributed by atoms with Gasteiger partial charge in [-0.05, 0) is 80.4 Å². The van der Waals surface area contributed by atoms with Gasteiger partial charge in [0.15, 0.2) is 0 Å². The minimum absolute atomic E-state index is 0.115. The van der Waals surface area contributed by atoms with Crippen molar-refractivity contribution in [3.63, 3.8) is 0 Å². The van der Waals surface area contributed by atoms with E-state index in [4.69, 9.17) is 4.28 Å². The average molecular weight is 729 g/mol. The van der Waals surface area contributed by atoms with Crippen LogP contribution in [0.3, 0.4) is 0 Å². The number of aromatic nitrogens is 2. The number of fused-ring (bicyclic) bond motifs is 1. The second-order valence-electron chi connectivity index (χ2n) is 11.3. The Morgan fingerprint density at radius 1 is 0.840 bits per heavy atom. The molecule has 50 heavy (non-hydrogen) atoms. The first kappa shape index (κ1) is 36.2. The van der Waals surface area contributed by atoms with E-state index in [2.05, 4.69) is 10.3 Å². The van der Waals surface area contributed by atoms with Crippen molar-refractivity contribution >= 4 is 43.0 Å². The molecule has 0 aliphatic rings. The lowest BCUT2D eigenvalue weighted by atomic mass is 10.1. The lowest BCUT2D eigenvalue weighted by molar-refractivity contribution is -0.0885. The molecule has 5 aromatic rings. The summed E-state index contributed by atoms with van der Waals surface area (Å²) in [4.78, 5) is 28.7. The molecule has 0 aliphatic carbocycles. The third-order valence-corrected chi connectivity index (χ3v) is 10.5. The van der Waals surface area contributed by atoms with Crippen LogP contribution >= 0.6 is 0 Å².